The highest BCUT2D eigenvalue weighted by atomic mass is 32.2. The predicted octanol–water partition coefficient (Wildman–Crippen LogP) is 1.06. The Balaban J connectivity index is 2.11. The highest BCUT2D eigenvalue weighted by Crippen LogP contribution is 2.29. The van der Waals surface area contributed by atoms with Crippen LogP contribution in [-0.2, 0) is 14.8 Å². The molecule has 20 heavy (non-hydrogen) atoms. The SMILES string of the molecule is Cc1ccccc1S(=O)(=O)NCC1(CO)CCOCC1. The lowest BCUT2D eigenvalue weighted by atomic mass is 9.81. The Morgan fingerprint density at radius 1 is 1.30 bits per heavy atom. The van der Waals surface area contributed by atoms with Gasteiger partial charge in [-0.2, -0.15) is 0 Å². The summed E-state index contributed by atoms with van der Waals surface area (Å²) >= 11 is 0. The average molecular weight is 299 g/mol. The van der Waals surface area contributed by atoms with E-state index in [2.05, 4.69) is 4.72 Å². The van der Waals surface area contributed by atoms with Crippen LogP contribution in [0.4, 0.5) is 0 Å². The van der Waals surface area contributed by atoms with E-state index >= 15 is 0 Å². The van der Waals surface area contributed by atoms with Gasteiger partial charge in [-0.3, -0.25) is 0 Å². The van der Waals surface area contributed by atoms with E-state index in [0.29, 0.717) is 36.5 Å². The fraction of sp³-hybridized carbons (Fsp3) is 0.571. The molecule has 1 fully saturated rings. The van der Waals surface area contributed by atoms with Gasteiger partial charge in [0.05, 0.1) is 11.5 Å². The standard InChI is InChI=1S/C14H21NO4S/c1-12-4-2-3-5-13(12)20(17,18)15-10-14(11-16)6-8-19-9-7-14/h2-5,15-16H,6-11H2,1H3. The van der Waals surface area contributed by atoms with Crippen LogP contribution in [0.2, 0.25) is 0 Å². The number of benzene rings is 1. The first-order chi connectivity index (χ1) is 9.49. The van der Waals surface area contributed by atoms with Gasteiger partial charge < -0.3 is 9.84 Å². The third-order valence-corrected chi connectivity index (χ3v) is 5.47. The minimum Gasteiger partial charge on any atom is -0.396 e. The molecule has 1 aromatic carbocycles. The monoisotopic (exact) mass is 299 g/mol. The van der Waals surface area contributed by atoms with Crippen molar-refractivity contribution in [1.29, 1.82) is 0 Å². The normalized spacial score (nSPS) is 18.9. The number of hydrogen-bond acceptors (Lipinski definition) is 4. The quantitative estimate of drug-likeness (QED) is 0.852. The fourth-order valence-corrected chi connectivity index (χ4v) is 3.78. The number of rotatable bonds is 5. The molecule has 2 N–H and O–H groups in total. The van der Waals surface area contributed by atoms with Gasteiger partial charge >= 0.3 is 0 Å². The van der Waals surface area contributed by atoms with Crippen molar-refractivity contribution in [2.75, 3.05) is 26.4 Å². The summed E-state index contributed by atoms with van der Waals surface area (Å²) in [6.07, 6.45) is 1.33. The average Bonchev–Trinajstić information content (AvgIpc) is 2.47. The van der Waals surface area contributed by atoms with Crippen LogP contribution in [0.1, 0.15) is 18.4 Å². The summed E-state index contributed by atoms with van der Waals surface area (Å²) in [5.74, 6) is 0. The topological polar surface area (TPSA) is 75.6 Å². The number of sulfonamides is 1. The summed E-state index contributed by atoms with van der Waals surface area (Å²) in [4.78, 5) is 0.292. The first kappa shape index (κ1) is 15.4. The Morgan fingerprint density at radius 3 is 2.55 bits per heavy atom. The second kappa shape index (κ2) is 6.22. The molecule has 0 amide bonds. The van der Waals surface area contributed by atoms with Gasteiger partial charge in [0.1, 0.15) is 0 Å². The lowest BCUT2D eigenvalue weighted by Gasteiger charge is -2.35. The van der Waals surface area contributed by atoms with Gasteiger partial charge in [0.25, 0.3) is 0 Å². The molecule has 112 valence electrons. The zero-order chi connectivity index (χ0) is 14.6. The number of aliphatic hydroxyl groups is 1. The van der Waals surface area contributed by atoms with Gasteiger partial charge in [0.15, 0.2) is 0 Å². The van der Waals surface area contributed by atoms with Crippen molar-refractivity contribution in [3.05, 3.63) is 29.8 Å². The van der Waals surface area contributed by atoms with Crippen molar-refractivity contribution in [3.63, 3.8) is 0 Å². The van der Waals surface area contributed by atoms with E-state index in [1.54, 1.807) is 25.1 Å². The molecule has 1 saturated heterocycles. The van der Waals surface area contributed by atoms with E-state index in [0.717, 1.165) is 0 Å². The van der Waals surface area contributed by atoms with E-state index in [9.17, 15) is 13.5 Å². The summed E-state index contributed by atoms with van der Waals surface area (Å²) in [6, 6.07) is 6.87. The first-order valence-corrected chi connectivity index (χ1v) is 8.21. The number of hydrogen-bond donors (Lipinski definition) is 2. The van der Waals surface area contributed by atoms with Crippen molar-refractivity contribution in [2.45, 2.75) is 24.7 Å². The minimum absolute atomic E-state index is 0.0351. The largest absolute Gasteiger partial charge is 0.396 e. The Hall–Kier alpha value is -0.950. The van der Waals surface area contributed by atoms with Crippen molar-refractivity contribution < 1.29 is 18.3 Å². The maximum absolute atomic E-state index is 12.3. The molecule has 5 nitrogen and oxygen atoms in total. The second-order valence-corrected chi connectivity index (χ2v) is 7.10. The van der Waals surface area contributed by atoms with E-state index in [1.165, 1.54) is 0 Å². The zero-order valence-corrected chi connectivity index (χ0v) is 12.4. The Bertz CT molecular complexity index is 550. The number of nitrogens with one attached hydrogen (secondary N) is 1. The molecule has 0 bridgehead atoms. The molecule has 1 aromatic rings. The van der Waals surface area contributed by atoms with E-state index in [1.807, 2.05) is 6.07 Å². The minimum atomic E-state index is -3.54. The molecule has 0 saturated carbocycles. The summed E-state index contributed by atoms with van der Waals surface area (Å²) < 4.78 is 32.6. The maximum atomic E-state index is 12.3. The van der Waals surface area contributed by atoms with Gasteiger partial charge in [-0.1, -0.05) is 18.2 Å². The van der Waals surface area contributed by atoms with Gasteiger partial charge in [0.2, 0.25) is 10.0 Å². The number of aryl methyl sites for hydroxylation is 1. The highest BCUT2D eigenvalue weighted by Gasteiger charge is 2.33. The second-order valence-electron chi connectivity index (χ2n) is 5.36. The van der Waals surface area contributed by atoms with Crippen LogP contribution in [0.15, 0.2) is 29.2 Å². The van der Waals surface area contributed by atoms with E-state index < -0.39 is 15.4 Å². The summed E-state index contributed by atoms with van der Waals surface area (Å²) in [5.41, 5.74) is 0.304. The van der Waals surface area contributed by atoms with Crippen LogP contribution in [0.5, 0.6) is 0 Å². The fourth-order valence-electron chi connectivity index (χ4n) is 2.38. The molecule has 0 atom stereocenters. The molecule has 0 spiro atoms. The molecule has 1 aliphatic rings. The third-order valence-electron chi connectivity index (χ3n) is 3.91. The summed E-state index contributed by atoms with van der Waals surface area (Å²) in [6.45, 7) is 3.10. The van der Waals surface area contributed by atoms with E-state index in [-0.39, 0.29) is 13.2 Å². The molecule has 2 rings (SSSR count). The van der Waals surface area contributed by atoms with Crippen LogP contribution in [0, 0.1) is 12.3 Å². The van der Waals surface area contributed by atoms with Gasteiger partial charge in [-0.05, 0) is 31.4 Å². The lowest BCUT2D eigenvalue weighted by Crippen LogP contribution is -2.43. The maximum Gasteiger partial charge on any atom is 0.240 e. The van der Waals surface area contributed by atoms with Crippen LogP contribution in [0.25, 0.3) is 0 Å². The Morgan fingerprint density at radius 2 is 1.95 bits per heavy atom. The summed E-state index contributed by atoms with van der Waals surface area (Å²) in [5, 5.41) is 9.57. The van der Waals surface area contributed by atoms with Gasteiger partial charge in [-0.15, -0.1) is 0 Å². The third kappa shape index (κ3) is 3.38. The van der Waals surface area contributed by atoms with E-state index in [4.69, 9.17) is 4.74 Å². The van der Waals surface area contributed by atoms with Crippen molar-refractivity contribution in [3.8, 4) is 0 Å². The smallest absolute Gasteiger partial charge is 0.240 e. The molecule has 0 aromatic heterocycles. The van der Waals surface area contributed by atoms with Crippen LogP contribution in [0.3, 0.4) is 0 Å². The number of ether oxygens (including phenoxy) is 1. The molecule has 6 heteroatoms. The molecule has 0 unspecified atom stereocenters. The van der Waals surface area contributed by atoms with Crippen molar-refractivity contribution in [1.82, 2.24) is 4.72 Å². The highest BCUT2D eigenvalue weighted by molar-refractivity contribution is 7.89. The molecule has 0 aliphatic carbocycles. The number of aliphatic hydroxyl groups excluding tert-OH is 1. The van der Waals surface area contributed by atoms with Crippen LogP contribution >= 0.6 is 0 Å². The van der Waals surface area contributed by atoms with Crippen molar-refractivity contribution >= 4 is 10.0 Å². The zero-order valence-electron chi connectivity index (χ0n) is 11.6. The van der Waals surface area contributed by atoms with Crippen molar-refractivity contribution in [2.24, 2.45) is 5.41 Å². The lowest BCUT2D eigenvalue weighted by molar-refractivity contribution is -0.0126. The molecule has 0 radical (unpaired) electrons. The van der Waals surface area contributed by atoms with Crippen LogP contribution in [-0.4, -0.2) is 39.9 Å². The Labute approximate surface area is 120 Å². The Kier molecular flexibility index (Phi) is 4.80. The molecular weight excluding hydrogens is 278 g/mol. The molecule has 1 aliphatic heterocycles. The van der Waals surface area contributed by atoms with Gasteiger partial charge in [0, 0.05) is 25.2 Å². The van der Waals surface area contributed by atoms with Crippen LogP contribution < -0.4 is 4.72 Å². The van der Waals surface area contributed by atoms with Gasteiger partial charge in [-0.25, -0.2) is 13.1 Å². The molecule has 1 heterocycles. The molecular formula is C14H21NO4S. The summed E-state index contributed by atoms with van der Waals surface area (Å²) in [7, 11) is -3.54. The predicted molar refractivity (Wildman–Crippen MR) is 75.9 cm³/mol. The first-order valence-electron chi connectivity index (χ1n) is 6.73.